The van der Waals surface area contributed by atoms with Gasteiger partial charge in [0.1, 0.15) is 19.1 Å². The van der Waals surface area contributed by atoms with Crippen LogP contribution >= 0.6 is 0 Å². The Bertz CT molecular complexity index is 1880. The largest absolute Gasteiger partial charge is 0.453 e. The van der Waals surface area contributed by atoms with Gasteiger partial charge in [-0.25, -0.2) is 14.2 Å². The Labute approximate surface area is 323 Å². The van der Waals surface area contributed by atoms with Crippen molar-refractivity contribution in [3.63, 3.8) is 0 Å². The van der Waals surface area contributed by atoms with Crippen LogP contribution in [0.4, 0.5) is 9.59 Å². The smallest absolute Gasteiger partial charge is 0.407 e. The molecule has 0 radical (unpaired) electrons. The first-order valence-electron chi connectivity index (χ1n) is 19.6. The molecule has 6 unspecified atom stereocenters. The van der Waals surface area contributed by atoms with E-state index in [1.807, 2.05) is 18.7 Å². The number of nitrogens with zero attached hydrogens (tertiary/aromatic N) is 4. The number of carbonyl (C=O) groups excluding carboxylic acids is 4. The van der Waals surface area contributed by atoms with Gasteiger partial charge in [0.15, 0.2) is 11.9 Å². The first kappa shape index (κ1) is 39.5. The highest BCUT2D eigenvalue weighted by Gasteiger charge is 2.50. The van der Waals surface area contributed by atoms with Crippen molar-refractivity contribution >= 4 is 47.8 Å². The van der Waals surface area contributed by atoms with Gasteiger partial charge in [-0.3, -0.25) is 9.59 Å². The van der Waals surface area contributed by atoms with E-state index in [4.69, 9.17) is 4.74 Å². The van der Waals surface area contributed by atoms with Gasteiger partial charge in [0.05, 0.1) is 27.0 Å². The lowest BCUT2D eigenvalue weighted by molar-refractivity contribution is -0.284. The number of fused-ring (bicyclic) bond motifs is 2. The van der Waals surface area contributed by atoms with E-state index in [0.717, 1.165) is 55.5 Å². The van der Waals surface area contributed by atoms with Gasteiger partial charge in [0.25, 0.3) is 0 Å². The van der Waals surface area contributed by atoms with Gasteiger partial charge in [0.2, 0.25) is 11.8 Å². The SMILES string of the molecule is C=[N+]1C(c2ccc(C3=CCC(c4ccc(C5C6CCC(C6)N5C(=O)C(CC)NC(=O)OC)[nH]4)CC3)cc2)=CN=C1CN(C(=O)CNC(=O)OC)C(C)C(C)C. The Morgan fingerprint density at radius 3 is 2.36 bits per heavy atom. The Morgan fingerprint density at radius 1 is 1.00 bits per heavy atom. The maximum absolute atomic E-state index is 13.7. The summed E-state index contributed by atoms with van der Waals surface area (Å²) in [5.41, 5.74) is 6.63. The first-order chi connectivity index (χ1) is 26.4. The molecule has 6 rings (SSSR count). The highest BCUT2D eigenvalue weighted by atomic mass is 16.5. The molecule has 0 spiro atoms. The molecule has 2 aliphatic carbocycles. The minimum absolute atomic E-state index is 0.00669. The molecule has 294 valence electrons. The van der Waals surface area contributed by atoms with Crippen LogP contribution < -0.4 is 10.6 Å². The van der Waals surface area contributed by atoms with Gasteiger partial charge in [0, 0.05) is 35.0 Å². The molecule has 4 amide bonds. The first-order valence-corrected chi connectivity index (χ1v) is 19.6. The van der Waals surface area contributed by atoms with Gasteiger partial charge in [-0.2, -0.15) is 0 Å². The molecule has 1 aromatic heterocycles. The van der Waals surface area contributed by atoms with Gasteiger partial charge >= 0.3 is 18.0 Å². The number of carbonyl (C=O) groups is 4. The van der Waals surface area contributed by atoms with Crippen molar-refractivity contribution in [3.05, 3.63) is 71.2 Å². The van der Waals surface area contributed by atoms with E-state index >= 15 is 0 Å². The summed E-state index contributed by atoms with van der Waals surface area (Å²) < 4.78 is 11.2. The summed E-state index contributed by atoms with van der Waals surface area (Å²) in [6.07, 6.45) is 9.41. The average Bonchev–Trinajstić information content (AvgIpc) is 4.02. The molecule has 4 aliphatic rings. The lowest BCUT2D eigenvalue weighted by atomic mass is 9.85. The molecule has 3 heterocycles. The maximum Gasteiger partial charge on any atom is 0.407 e. The molecule has 6 atom stereocenters. The molecule has 1 saturated heterocycles. The van der Waals surface area contributed by atoms with Crippen molar-refractivity contribution in [2.24, 2.45) is 16.8 Å². The van der Waals surface area contributed by atoms with Gasteiger partial charge in [-0.1, -0.05) is 39.0 Å². The summed E-state index contributed by atoms with van der Waals surface area (Å²) in [5, 5.41) is 5.22. The summed E-state index contributed by atoms with van der Waals surface area (Å²) in [5.74, 6) is 1.37. The summed E-state index contributed by atoms with van der Waals surface area (Å²) in [4.78, 5) is 62.6. The number of amides is 4. The van der Waals surface area contributed by atoms with E-state index in [-0.39, 0.29) is 48.9 Å². The summed E-state index contributed by atoms with van der Waals surface area (Å²) in [6, 6.07) is 12.3. The lowest BCUT2D eigenvalue weighted by Crippen LogP contribution is -2.51. The number of hydrogen-bond acceptors (Lipinski definition) is 7. The molecule has 2 fully saturated rings. The average molecular weight is 755 g/mol. The van der Waals surface area contributed by atoms with Crippen LogP contribution in [0.15, 0.2) is 53.7 Å². The number of aliphatic imine (C=N–C) groups is 1. The summed E-state index contributed by atoms with van der Waals surface area (Å²) >= 11 is 0. The monoisotopic (exact) mass is 754 g/mol. The quantitative estimate of drug-likeness (QED) is 0.207. The second-order valence-corrected chi connectivity index (χ2v) is 15.5. The molecule has 1 aromatic carbocycles. The third-order valence-corrected chi connectivity index (χ3v) is 12.1. The molecule has 2 bridgehead atoms. The van der Waals surface area contributed by atoms with Crippen LogP contribution in [-0.2, 0) is 19.1 Å². The molecule has 13 nitrogen and oxygen atoms in total. The minimum atomic E-state index is -0.652. The van der Waals surface area contributed by atoms with E-state index in [0.29, 0.717) is 24.1 Å². The zero-order valence-corrected chi connectivity index (χ0v) is 33.0. The zero-order valence-electron chi connectivity index (χ0n) is 33.0. The number of H-pyrrole nitrogens is 1. The highest BCUT2D eigenvalue weighted by Crippen LogP contribution is 2.50. The number of methoxy groups -OCH3 is 2. The second kappa shape index (κ2) is 17.1. The Balaban J connectivity index is 1.07. The molecule has 55 heavy (non-hydrogen) atoms. The Kier molecular flexibility index (Phi) is 12.3. The number of hydrogen-bond donors (Lipinski definition) is 3. The van der Waals surface area contributed by atoms with Crippen molar-refractivity contribution in [2.45, 2.75) is 103 Å². The zero-order chi connectivity index (χ0) is 39.4. The molecule has 13 heteroatoms. The second-order valence-electron chi connectivity index (χ2n) is 15.5. The van der Waals surface area contributed by atoms with Crippen LogP contribution in [0.2, 0.25) is 0 Å². The molecule has 1 saturated carbocycles. The Morgan fingerprint density at radius 2 is 1.71 bits per heavy atom. The van der Waals surface area contributed by atoms with E-state index in [1.54, 1.807) is 15.7 Å². The number of aromatic nitrogens is 1. The van der Waals surface area contributed by atoms with Crippen molar-refractivity contribution in [1.82, 2.24) is 25.4 Å². The van der Waals surface area contributed by atoms with E-state index < -0.39 is 18.2 Å². The van der Waals surface area contributed by atoms with Crippen molar-refractivity contribution in [1.29, 1.82) is 0 Å². The Hall–Kier alpha value is -5.20. The summed E-state index contributed by atoms with van der Waals surface area (Å²) in [7, 11) is 2.58. The van der Waals surface area contributed by atoms with Crippen molar-refractivity contribution < 1.29 is 33.2 Å². The van der Waals surface area contributed by atoms with E-state index in [2.05, 4.69) is 88.4 Å². The fourth-order valence-corrected chi connectivity index (χ4v) is 8.56. The number of piperidine rings is 1. The van der Waals surface area contributed by atoms with Gasteiger partial charge < -0.3 is 34.9 Å². The van der Waals surface area contributed by atoms with Crippen molar-refractivity contribution in [3.8, 4) is 0 Å². The van der Waals surface area contributed by atoms with Crippen LogP contribution in [0, 0.1) is 11.8 Å². The number of nitrogens with one attached hydrogen (secondary N) is 3. The van der Waals surface area contributed by atoms with Crippen LogP contribution in [0.25, 0.3) is 11.3 Å². The van der Waals surface area contributed by atoms with E-state index in [9.17, 15) is 19.2 Å². The molecular formula is C42H56N7O6+. The normalized spacial score (nSPS) is 22.8. The number of alkyl carbamates (subject to hydrolysis) is 2. The minimum Gasteiger partial charge on any atom is -0.453 e. The number of rotatable bonds is 13. The number of likely N-dealkylation sites (tertiary alicyclic amines) is 1. The predicted octanol–water partition coefficient (Wildman–Crippen LogP) is 6.21. The molecule has 2 aromatic rings. The lowest BCUT2D eigenvalue weighted by Gasteiger charge is -2.37. The molecule has 3 N–H and O–H groups in total. The topological polar surface area (TPSA) is 148 Å². The fraction of sp³-hybridized carbons (Fsp3) is 0.524. The third-order valence-electron chi connectivity index (χ3n) is 12.1. The fourth-order valence-electron chi connectivity index (χ4n) is 8.56. The molecule has 2 aliphatic heterocycles. The van der Waals surface area contributed by atoms with Crippen LogP contribution in [-0.4, -0.2) is 101 Å². The van der Waals surface area contributed by atoms with Crippen molar-refractivity contribution in [2.75, 3.05) is 27.3 Å². The number of ether oxygens (including phenoxy) is 2. The van der Waals surface area contributed by atoms with Crippen LogP contribution in [0.5, 0.6) is 0 Å². The van der Waals surface area contributed by atoms with E-state index in [1.165, 1.54) is 31.1 Å². The number of aromatic amines is 1. The number of benzene rings is 1. The number of allylic oxidation sites excluding steroid dienone is 2. The predicted molar refractivity (Wildman–Crippen MR) is 211 cm³/mol. The number of amidine groups is 1. The van der Waals surface area contributed by atoms with Gasteiger partial charge in [-0.05, 0) is 104 Å². The molecular weight excluding hydrogens is 699 g/mol. The summed E-state index contributed by atoms with van der Waals surface area (Å²) in [6.45, 7) is 12.3. The highest BCUT2D eigenvalue weighted by molar-refractivity contribution is 5.91. The van der Waals surface area contributed by atoms with Crippen LogP contribution in [0.3, 0.4) is 0 Å². The van der Waals surface area contributed by atoms with Crippen LogP contribution in [0.1, 0.15) is 107 Å². The van der Waals surface area contributed by atoms with Gasteiger partial charge in [-0.15, -0.1) is 0 Å². The maximum atomic E-state index is 13.7. The standard InChI is InChI=1S/C42H55N7O6/c1-8-33(46-42(53)55-7)40(51)49-32-18-17-31(21-32)39(49)35-20-19-34(45-35)29-13-9-27(10-14-29)28-11-15-30(16-12-28)36-22-43-37(47(36)5)24-48(26(4)25(2)3)38(50)23-44-41(52)54-6/h9,11-12,15-16,19-20,22,25-26,29,31-33,39,45H,5,8,10,13-14,17-18,21,23-24H2,1-4,6-7H3,(H-,44,46,52,53)/p+1. The third kappa shape index (κ3) is 8.40.